The number of carbonyl (C=O) groups is 2. The smallest absolute Gasteiger partial charge is 0.230 e. The summed E-state index contributed by atoms with van der Waals surface area (Å²) in [7, 11) is 0. The Morgan fingerprint density at radius 1 is 1.11 bits per heavy atom. The van der Waals surface area contributed by atoms with Crippen LogP contribution < -0.4 is 10.6 Å². The van der Waals surface area contributed by atoms with Crippen LogP contribution in [0.4, 0.5) is 10.1 Å². The van der Waals surface area contributed by atoms with Gasteiger partial charge in [0.15, 0.2) is 0 Å². The lowest BCUT2D eigenvalue weighted by molar-refractivity contribution is -0.123. The van der Waals surface area contributed by atoms with Crippen molar-refractivity contribution in [2.45, 2.75) is 57.3 Å². The van der Waals surface area contributed by atoms with E-state index in [-0.39, 0.29) is 28.8 Å². The summed E-state index contributed by atoms with van der Waals surface area (Å²) in [4.78, 5) is 27.3. The van der Waals surface area contributed by atoms with E-state index < -0.39 is 5.82 Å². The predicted octanol–water partition coefficient (Wildman–Crippen LogP) is 5.44. The van der Waals surface area contributed by atoms with E-state index in [2.05, 4.69) is 62.4 Å². The molecule has 188 valence electrons. The van der Waals surface area contributed by atoms with Gasteiger partial charge in [-0.3, -0.25) is 9.59 Å². The van der Waals surface area contributed by atoms with Crippen LogP contribution in [0.1, 0.15) is 63.0 Å². The number of rotatable bonds is 9. The van der Waals surface area contributed by atoms with E-state index >= 15 is 0 Å². The van der Waals surface area contributed by atoms with Crippen molar-refractivity contribution >= 4 is 40.1 Å². The number of nitrogens with one attached hydrogen (secondary N) is 2. The van der Waals surface area contributed by atoms with Crippen molar-refractivity contribution in [1.82, 2.24) is 10.2 Å². The lowest BCUT2D eigenvalue weighted by atomic mass is 9.89. The van der Waals surface area contributed by atoms with Gasteiger partial charge in [0.05, 0.1) is 11.1 Å². The first kappa shape index (κ1) is 26.1. The molecule has 2 amide bonds. The maximum Gasteiger partial charge on any atom is 0.230 e. The lowest BCUT2D eigenvalue weighted by Crippen LogP contribution is -2.38. The molecule has 1 aliphatic carbocycles. The SMILES string of the molecule is CC(C)C(=O)Nc1cc(C2CCN(CCCNC(=O)C3(c4ccc(I)cc4)CC3)CC2)ccc1F. The van der Waals surface area contributed by atoms with Gasteiger partial charge in [0.2, 0.25) is 11.8 Å². The first-order chi connectivity index (χ1) is 16.8. The van der Waals surface area contributed by atoms with Crippen LogP contribution in [-0.2, 0) is 15.0 Å². The Labute approximate surface area is 221 Å². The van der Waals surface area contributed by atoms with Gasteiger partial charge in [-0.2, -0.15) is 0 Å². The van der Waals surface area contributed by atoms with Crippen molar-refractivity contribution in [3.05, 3.63) is 63.0 Å². The van der Waals surface area contributed by atoms with E-state index in [1.165, 1.54) is 9.64 Å². The summed E-state index contributed by atoms with van der Waals surface area (Å²) in [5.74, 6) is -0.228. The Balaban J connectivity index is 1.20. The minimum absolute atomic E-state index is 0.161. The molecule has 1 aliphatic heterocycles. The van der Waals surface area contributed by atoms with Crippen LogP contribution in [0.25, 0.3) is 0 Å². The number of anilines is 1. The highest BCUT2D eigenvalue weighted by molar-refractivity contribution is 14.1. The lowest BCUT2D eigenvalue weighted by Gasteiger charge is -2.32. The Bertz CT molecular complexity index is 1040. The third-order valence-corrected chi connectivity index (χ3v) is 8.07. The van der Waals surface area contributed by atoms with Gasteiger partial charge < -0.3 is 15.5 Å². The summed E-state index contributed by atoms with van der Waals surface area (Å²) >= 11 is 2.29. The molecule has 2 fully saturated rings. The number of halogens is 2. The van der Waals surface area contributed by atoms with Gasteiger partial charge in [-0.05, 0) is 116 Å². The third-order valence-electron chi connectivity index (χ3n) is 7.35. The minimum atomic E-state index is -0.391. The van der Waals surface area contributed by atoms with E-state index in [4.69, 9.17) is 0 Å². The number of benzene rings is 2. The van der Waals surface area contributed by atoms with E-state index in [1.807, 2.05) is 6.07 Å². The second-order valence-corrected chi connectivity index (χ2v) is 11.4. The van der Waals surface area contributed by atoms with Crippen molar-refractivity contribution in [3.63, 3.8) is 0 Å². The van der Waals surface area contributed by atoms with Gasteiger partial charge in [-0.25, -0.2) is 4.39 Å². The monoisotopic (exact) mass is 591 g/mol. The molecule has 0 radical (unpaired) electrons. The minimum Gasteiger partial charge on any atom is -0.355 e. The first-order valence-electron chi connectivity index (χ1n) is 12.7. The second kappa shape index (κ2) is 11.4. The molecular weight excluding hydrogens is 556 g/mol. The summed E-state index contributed by atoms with van der Waals surface area (Å²) in [6.45, 7) is 7.22. The molecule has 0 aromatic heterocycles. The highest BCUT2D eigenvalue weighted by atomic mass is 127. The molecule has 0 atom stereocenters. The zero-order chi connectivity index (χ0) is 25.0. The molecule has 1 saturated heterocycles. The fourth-order valence-corrected chi connectivity index (χ4v) is 5.23. The molecule has 0 spiro atoms. The molecular formula is C28H35FIN3O2. The summed E-state index contributed by atoms with van der Waals surface area (Å²) in [6, 6.07) is 13.4. The number of amides is 2. The van der Waals surface area contributed by atoms with Crippen LogP contribution in [0.3, 0.4) is 0 Å². The average Bonchev–Trinajstić information content (AvgIpc) is 3.66. The Morgan fingerprint density at radius 3 is 2.43 bits per heavy atom. The van der Waals surface area contributed by atoms with Crippen molar-refractivity contribution in [2.24, 2.45) is 5.92 Å². The maximum absolute atomic E-state index is 14.2. The van der Waals surface area contributed by atoms with Crippen molar-refractivity contribution in [1.29, 1.82) is 0 Å². The van der Waals surface area contributed by atoms with Gasteiger partial charge in [0, 0.05) is 16.0 Å². The molecule has 1 saturated carbocycles. The van der Waals surface area contributed by atoms with Crippen LogP contribution in [0.2, 0.25) is 0 Å². The number of hydrogen-bond acceptors (Lipinski definition) is 3. The predicted molar refractivity (Wildman–Crippen MR) is 146 cm³/mol. The van der Waals surface area contributed by atoms with Crippen LogP contribution in [0.5, 0.6) is 0 Å². The second-order valence-electron chi connectivity index (χ2n) is 10.2. The van der Waals surface area contributed by atoms with Crippen LogP contribution in [0, 0.1) is 15.3 Å². The molecule has 0 bridgehead atoms. The summed E-state index contributed by atoms with van der Waals surface area (Å²) in [5, 5.41) is 5.88. The topological polar surface area (TPSA) is 61.4 Å². The van der Waals surface area contributed by atoms with Gasteiger partial charge in [-0.1, -0.05) is 32.0 Å². The molecule has 2 aromatic carbocycles. The number of nitrogens with zero attached hydrogens (tertiary/aromatic N) is 1. The summed E-state index contributed by atoms with van der Waals surface area (Å²) in [5.41, 5.74) is 2.18. The molecule has 5 nitrogen and oxygen atoms in total. The van der Waals surface area contributed by atoms with Crippen molar-refractivity contribution in [2.75, 3.05) is 31.5 Å². The molecule has 2 N–H and O–H groups in total. The standard InChI is InChI=1S/C28H35FIN3O2/c1-19(2)26(34)32-25-18-21(4-9-24(25)29)20-10-16-33(17-11-20)15-3-14-31-27(35)28(12-13-28)22-5-7-23(30)8-6-22/h4-9,18-20H,3,10-17H2,1-2H3,(H,31,35)(H,32,34). The molecule has 2 aromatic rings. The average molecular weight is 592 g/mol. The fraction of sp³-hybridized carbons (Fsp3) is 0.500. The Morgan fingerprint density at radius 2 is 1.80 bits per heavy atom. The summed E-state index contributed by atoms with van der Waals surface area (Å²) in [6.07, 6.45) is 4.80. The largest absolute Gasteiger partial charge is 0.355 e. The van der Waals surface area contributed by atoms with Crippen LogP contribution in [-0.4, -0.2) is 42.9 Å². The third kappa shape index (κ3) is 6.42. The van der Waals surface area contributed by atoms with Crippen LogP contribution in [0.15, 0.2) is 42.5 Å². The summed E-state index contributed by atoms with van der Waals surface area (Å²) < 4.78 is 15.4. The molecule has 0 unspecified atom stereocenters. The van der Waals surface area contributed by atoms with Crippen molar-refractivity contribution < 1.29 is 14.0 Å². The molecule has 35 heavy (non-hydrogen) atoms. The van der Waals surface area contributed by atoms with Gasteiger partial charge in [0.25, 0.3) is 0 Å². The Kier molecular flexibility index (Phi) is 8.47. The molecule has 2 aliphatic rings. The zero-order valence-electron chi connectivity index (χ0n) is 20.6. The van der Waals surface area contributed by atoms with Crippen molar-refractivity contribution in [3.8, 4) is 0 Å². The quantitative estimate of drug-likeness (QED) is 0.302. The van der Waals surface area contributed by atoms with Gasteiger partial charge in [-0.15, -0.1) is 0 Å². The molecule has 1 heterocycles. The van der Waals surface area contributed by atoms with E-state index in [9.17, 15) is 14.0 Å². The van der Waals surface area contributed by atoms with E-state index in [1.54, 1.807) is 19.9 Å². The Hall–Kier alpha value is -2.00. The van der Waals surface area contributed by atoms with Crippen LogP contribution >= 0.6 is 22.6 Å². The number of likely N-dealkylation sites (tertiary alicyclic amines) is 1. The first-order valence-corrected chi connectivity index (χ1v) is 13.7. The number of hydrogen-bond donors (Lipinski definition) is 2. The number of carbonyl (C=O) groups excluding carboxylic acids is 2. The van der Waals surface area contributed by atoms with E-state index in [0.717, 1.165) is 62.9 Å². The zero-order valence-corrected chi connectivity index (χ0v) is 22.7. The molecule has 4 rings (SSSR count). The van der Waals surface area contributed by atoms with Gasteiger partial charge in [0.1, 0.15) is 5.82 Å². The highest BCUT2D eigenvalue weighted by Crippen LogP contribution is 2.48. The van der Waals surface area contributed by atoms with Gasteiger partial charge >= 0.3 is 0 Å². The van der Waals surface area contributed by atoms with E-state index in [0.29, 0.717) is 12.5 Å². The fourth-order valence-electron chi connectivity index (χ4n) is 4.87. The maximum atomic E-state index is 14.2. The number of piperidine rings is 1. The highest BCUT2D eigenvalue weighted by Gasteiger charge is 2.50. The molecule has 7 heteroatoms. The normalized spacial score (nSPS) is 17.9.